The molecule has 0 N–H and O–H groups in total. The van der Waals surface area contributed by atoms with E-state index in [0.29, 0.717) is 5.89 Å². The quantitative estimate of drug-likeness (QED) is 0.187. The molecule has 0 fully saturated rings. The summed E-state index contributed by atoms with van der Waals surface area (Å²) in [6, 6.07) is 55.6. The van der Waals surface area contributed by atoms with Gasteiger partial charge >= 0.3 is 0 Å². The van der Waals surface area contributed by atoms with Crippen molar-refractivity contribution in [2.45, 2.75) is 19.3 Å². The van der Waals surface area contributed by atoms with Crippen LogP contribution in [0, 0.1) is 0 Å². The lowest BCUT2D eigenvalue weighted by molar-refractivity contribution is 0.620. The van der Waals surface area contributed by atoms with Gasteiger partial charge in [0.05, 0.1) is 0 Å². The highest BCUT2D eigenvalue weighted by atomic mass is 16.4. The Morgan fingerprint density at radius 1 is 0.460 bits per heavy atom. The Hall–Kier alpha value is -6.39. The molecule has 50 heavy (non-hydrogen) atoms. The van der Waals surface area contributed by atoms with E-state index in [0.717, 1.165) is 55.7 Å². The van der Waals surface area contributed by atoms with Gasteiger partial charge in [-0.25, -0.2) is 4.98 Å². The maximum atomic E-state index is 6.41. The third kappa shape index (κ3) is 4.42. The summed E-state index contributed by atoms with van der Waals surface area (Å²) in [5.74, 6) is 0.602. The molecule has 1 aliphatic rings. The van der Waals surface area contributed by atoms with Gasteiger partial charge in [0.1, 0.15) is 16.7 Å². The molecule has 238 valence electrons. The molecule has 10 rings (SSSR count). The summed E-state index contributed by atoms with van der Waals surface area (Å²) in [5.41, 5.74) is 14.9. The first-order chi connectivity index (χ1) is 24.5. The maximum absolute atomic E-state index is 6.41. The monoisotopic (exact) mass is 644 g/mol. The standard InChI is InChI=1S/C46H32N2O2/c1-46(2)39-16-10-9-15-35(39)36-23-21-34(26-40(36)46)48(32-19-17-30(18-20-32)29-11-5-3-6-12-29)33-22-24-42-37(25-33)38-27-44-41(28-43(38)49-42)47-45(50-44)31-13-7-4-8-14-31/h3-28H,1-2H3. The molecule has 0 bridgehead atoms. The van der Waals surface area contributed by atoms with Gasteiger partial charge in [0.2, 0.25) is 5.89 Å². The molecule has 1 aliphatic carbocycles. The number of furan rings is 1. The fourth-order valence-electron chi connectivity index (χ4n) is 7.74. The molecule has 0 spiro atoms. The van der Waals surface area contributed by atoms with E-state index in [4.69, 9.17) is 13.8 Å². The van der Waals surface area contributed by atoms with Crippen LogP contribution in [0.25, 0.3) is 66.7 Å². The van der Waals surface area contributed by atoms with Crippen LogP contribution in [0.5, 0.6) is 0 Å². The number of hydrogen-bond donors (Lipinski definition) is 0. The Kier molecular flexibility index (Phi) is 6.19. The fourth-order valence-corrected chi connectivity index (χ4v) is 7.74. The van der Waals surface area contributed by atoms with Gasteiger partial charge in [0.15, 0.2) is 5.58 Å². The van der Waals surface area contributed by atoms with E-state index in [1.54, 1.807) is 0 Å². The maximum Gasteiger partial charge on any atom is 0.227 e. The SMILES string of the molecule is CC1(C)c2ccccc2-c2ccc(N(c3ccc(-c4ccccc4)cc3)c3ccc4oc5cc6nc(-c7ccccc7)oc6cc5c4c3)cc21. The zero-order chi connectivity index (χ0) is 33.4. The van der Waals surface area contributed by atoms with Gasteiger partial charge in [-0.3, -0.25) is 0 Å². The van der Waals surface area contributed by atoms with Crippen molar-refractivity contribution in [2.75, 3.05) is 4.90 Å². The van der Waals surface area contributed by atoms with Crippen LogP contribution in [0.4, 0.5) is 17.1 Å². The molecule has 2 aromatic heterocycles. The molecule has 0 amide bonds. The first-order valence-corrected chi connectivity index (χ1v) is 17.0. The van der Waals surface area contributed by atoms with E-state index in [9.17, 15) is 0 Å². The molecular weight excluding hydrogens is 613 g/mol. The second-order valence-electron chi connectivity index (χ2n) is 13.6. The summed E-state index contributed by atoms with van der Waals surface area (Å²) in [7, 11) is 0. The minimum atomic E-state index is -0.115. The number of hydrogen-bond acceptors (Lipinski definition) is 4. The lowest BCUT2D eigenvalue weighted by Crippen LogP contribution is -2.16. The van der Waals surface area contributed by atoms with Gasteiger partial charge in [-0.2, -0.15) is 0 Å². The molecule has 0 saturated carbocycles. The van der Waals surface area contributed by atoms with Crippen molar-refractivity contribution in [3.63, 3.8) is 0 Å². The number of benzene rings is 7. The zero-order valence-corrected chi connectivity index (χ0v) is 27.7. The van der Waals surface area contributed by atoms with E-state index < -0.39 is 0 Å². The zero-order valence-electron chi connectivity index (χ0n) is 27.7. The van der Waals surface area contributed by atoms with Crippen LogP contribution in [0.2, 0.25) is 0 Å². The van der Waals surface area contributed by atoms with E-state index in [-0.39, 0.29) is 5.41 Å². The van der Waals surface area contributed by atoms with Crippen molar-refractivity contribution in [3.05, 3.63) is 169 Å². The minimum absolute atomic E-state index is 0.115. The number of oxazole rings is 1. The van der Waals surface area contributed by atoms with Crippen LogP contribution in [0.3, 0.4) is 0 Å². The first-order valence-electron chi connectivity index (χ1n) is 17.0. The van der Waals surface area contributed by atoms with Crippen LogP contribution >= 0.6 is 0 Å². The third-order valence-corrected chi connectivity index (χ3v) is 10.3. The van der Waals surface area contributed by atoms with Crippen LogP contribution in [0.1, 0.15) is 25.0 Å². The van der Waals surface area contributed by atoms with Gasteiger partial charge in [0, 0.05) is 44.9 Å². The molecule has 0 aliphatic heterocycles. The Morgan fingerprint density at radius 3 is 1.88 bits per heavy atom. The Morgan fingerprint density at radius 2 is 1.08 bits per heavy atom. The molecule has 4 heteroatoms. The average Bonchev–Trinajstić information content (AvgIpc) is 3.81. The smallest absolute Gasteiger partial charge is 0.227 e. The van der Waals surface area contributed by atoms with E-state index in [1.807, 2.05) is 36.4 Å². The topological polar surface area (TPSA) is 42.4 Å². The summed E-state index contributed by atoms with van der Waals surface area (Å²) in [6.07, 6.45) is 0. The Labute approximate surface area is 289 Å². The van der Waals surface area contributed by atoms with Gasteiger partial charge in [-0.05, 0) is 94.0 Å². The van der Waals surface area contributed by atoms with Gasteiger partial charge in [-0.1, -0.05) is 105 Å². The number of anilines is 3. The molecule has 0 saturated heterocycles. The average molecular weight is 645 g/mol. The number of nitrogens with zero attached hydrogens (tertiary/aromatic N) is 2. The van der Waals surface area contributed by atoms with Crippen molar-refractivity contribution < 1.29 is 8.83 Å². The highest BCUT2D eigenvalue weighted by Crippen LogP contribution is 2.51. The van der Waals surface area contributed by atoms with Crippen molar-refractivity contribution in [1.82, 2.24) is 4.98 Å². The first kappa shape index (κ1) is 28.6. The molecular formula is C46H32N2O2. The lowest BCUT2D eigenvalue weighted by atomic mass is 9.82. The predicted molar refractivity (Wildman–Crippen MR) is 204 cm³/mol. The number of aromatic nitrogens is 1. The Bertz CT molecular complexity index is 2720. The molecule has 9 aromatic rings. The highest BCUT2D eigenvalue weighted by Gasteiger charge is 2.35. The van der Waals surface area contributed by atoms with Crippen molar-refractivity contribution in [3.8, 4) is 33.7 Å². The summed E-state index contributed by atoms with van der Waals surface area (Å²) in [5, 5.41) is 2.02. The van der Waals surface area contributed by atoms with Crippen molar-refractivity contribution in [2.24, 2.45) is 0 Å². The second-order valence-corrected chi connectivity index (χ2v) is 13.6. The van der Waals surface area contributed by atoms with E-state index in [1.165, 1.54) is 33.4 Å². The predicted octanol–water partition coefficient (Wildman–Crippen LogP) is 12.8. The number of fused-ring (bicyclic) bond motifs is 7. The highest BCUT2D eigenvalue weighted by molar-refractivity contribution is 6.10. The summed E-state index contributed by atoms with van der Waals surface area (Å²) < 4.78 is 12.7. The Balaban J connectivity index is 1.13. The normalized spacial score (nSPS) is 13.2. The molecule has 4 nitrogen and oxygen atoms in total. The van der Waals surface area contributed by atoms with Crippen LogP contribution < -0.4 is 4.90 Å². The fraction of sp³-hybridized carbons (Fsp3) is 0.0652. The van der Waals surface area contributed by atoms with Gasteiger partial charge < -0.3 is 13.7 Å². The van der Waals surface area contributed by atoms with Crippen molar-refractivity contribution in [1.29, 1.82) is 0 Å². The largest absolute Gasteiger partial charge is 0.456 e. The summed E-state index contributed by atoms with van der Waals surface area (Å²) >= 11 is 0. The van der Waals surface area contributed by atoms with Crippen LogP contribution in [0.15, 0.2) is 167 Å². The van der Waals surface area contributed by atoms with E-state index in [2.05, 4.69) is 140 Å². The molecule has 0 radical (unpaired) electrons. The number of rotatable bonds is 5. The van der Waals surface area contributed by atoms with Gasteiger partial charge in [0.25, 0.3) is 0 Å². The molecule has 2 heterocycles. The molecule has 7 aromatic carbocycles. The van der Waals surface area contributed by atoms with Gasteiger partial charge in [-0.15, -0.1) is 0 Å². The molecule has 0 atom stereocenters. The molecule has 0 unspecified atom stereocenters. The van der Waals surface area contributed by atoms with Crippen LogP contribution in [-0.2, 0) is 5.41 Å². The lowest BCUT2D eigenvalue weighted by Gasteiger charge is -2.28. The second kappa shape index (κ2) is 10.8. The minimum Gasteiger partial charge on any atom is -0.456 e. The van der Waals surface area contributed by atoms with Crippen LogP contribution in [-0.4, -0.2) is 4.98 Å². The van der Waals surface area contributed by atoms with E-state index >= 15 is 0 Å². The summed E-state index contributed by atoms with van der Waals surface area (Å²) in [6.45, 7) is 4.66. The summed E-state index contributed by atoms with van der Waals surface area (Å²) in [4.78, 5) is 7.13. The van der Waals surface area contributed by atoms with Crippen molar-refractivity contribution >= 4 is 50.1 Å². The third-order valence-electron chi connectivity index (χ3n) is 10.3.